The number of carbonyl (C=O) groups is 1. The summed E-state index contributed by atoms with van der Waals surface area (Å²) in [6.45, 7) is 4.45. The quantitative estimate of drug-likeness (QED) is 0.795. The number of hydrogen-bond donors (Lipinski definition) is 2. The molecular weight excluding hydrogens is 316 g/mol. The number of benzene rings is 1. The van der Waals surface area contributed by atoms with Crippen LogP contribution in [-0.4, -0.2) is 61.1 Å². The van der Waals surface area contributed by atoms with Crippen LogP contribution in [0.3, 0.4) is 0 Å². The molecule has 0 spiro atoms. The fraction of sp³-hybridized carbons (Fsp3) is 0.562. The molecule has 1 fully saturated rings. The van der Waals surface area contributed by atoms with Gasteiger partial charge in [-0.1, -0.05) is 26.0 Å². The van der Waals surface area contributed by atoms with Crippen molar-refractivity contribution in [1.82, 2.24) is 4.90 Å². The summed E-state index contributed by atoms with van der Waals surface area (Å²) in [7, 11) is -3.23. The van der Waals surface area contributed by atoms with E-state index < -0.39 is 22.0 Å². The van der Waals surface area contributed by atoms with E-state index in [1.807, 2.05) is 38.1 Å². The molecule has 2 N–H and O–H groups in total. The average Bonchev–Trinajstić information content (AvgIpc) is 2.77. The van der Waals surface area contributed by atoms with Gasteiger partial charge in [0.1, 0.15) is 0 Å². The molecule has 0 saturated carbocycles. The first kappa shape index (κ1) is 17.9. The van der Waals surface area contributed by atoms with Crippen molar-refractivity contribution < 1.29 is 18.3 Å². The molecule has 2 atom stereocenters. The van der Waals surface area contributed by atoms with Crippen LogP contribution in [0.2, 0.25) is 0 Å². The van der Waals surface area contributed by atoms with Crippen molar-refractivity contribution in [2.45, 2.75) is 32.4 Å². The molecule has 6 nitrogen and oxygen atoms in total. The minimum atomic E-state index is -3.23. The SMILES string of the molecule is CCc1cccc(NC(=O)CN(CC)C2CS(=O)(=O)CC2O)c1. The summed E-state index contributed by atoms with van der Waals surface area (Å²) in [5, 5.41) is 12.8. The molecule has 1 heterocycles. The van der Waals surface area contributed by atoms with Crippen LogP contribution in [0, 0.1) is 0 Å². The average molecular weight is 340 g/mol. The maximum absolute atomic E-state index is 12.2. The third-order valence-electron chi connectivity index (χ3n) is 4.13. The van der Waals surface area contributed by atoms with E-state index in [9.17, 15) is 18.3 Å². The smallest absolute Gasteiger partial charge is 0.238 e. The van der Waals surface area contributed by atoms with Gasteiger partial charge in [-0.3, -0.25) is 9.69 Å². The third-order valence-corrected chi connectivity index (χ3v) is 5.83. The summed E-state index contributed by atoms with van der Waals surface area (Å²) in [6, 6.07) is 7.11. The molecule has 1 saturated heterocycles. The number of carbonyl (C=O) groups excluding carboxylic acids is 1. The Morgan fingerprint density at radius 2 is 2.09 bits per heavy atom. The Balaban J connectivity index is 2.00. The van der Waals surface area contributed by atoms with E-state index in [0.717, 1.165) is 17.7 Å². The number of amides is 1. The van der Waals surface area contributed by atoms with Crippen LogP contribution in [0.15, 0.2) is 24.3 Å². The van der Waals surface area contributed by atoms with E-state index in [1.165, 1.54) is 0 Å². The fourth-order valence-corrected chi connectivity index (χ4v) is 4.71. The lowest BCUT2D eigenvalue weighted by molar-refractivity contribution is -0.118. The third kappa shape index (κ3) is 4.76. The van der Waals surface area contributed by atoms with Gasteiger partial charge in [-0.25, -0.2) is 8.42 Å². The number of aliphatic hydroxyl groups excluding tert-OH is 1. The number of nitrogens with one attached hydrogen (secondary N) is 1. The van der Waals surface area contributed by atoms with Crippen LogP contribution in [0.1, 0.15) is 19.4 Å². The van der Waals surface area contributed by atoms with Gasteiger partial charge in [-0.15, -0.1) is 0 Å². The zero-order valence-electron chi connectivity index (χ0n) is 13.5. The van der Waals surface area contributed by atoms with E-state index in [0.29, 0.717) is 6.54 Å². The highest BCUT2D eigenvalue weighted by atomic mass is 32.2. The first-order valence-corrected chi connectivity index (χ1v) is 9.68. The first-order valence-electron chi connectivity index (χ1n) is 7.86. The fourth-order valence-electron chi connectivity index (χ4n) is 2.88. The van der Waals surface area contributed by atoms with E-state index in [-0.39, 0.29) is 24.0 Å². The second kappa shape index (κ2) is 7.42. The molecule has 0 aliphatic carbocycles. The van der Waals surface area contributed by atoms with Gasteiger partial charge >= 0.3 is 0 Å². The van der Waals surface area contributed by atoms with Crippen molar-refractivity contribution in [2.75, 3.05) is 29.9 Å². The van der Waals surface area contributed by atoms with E-state index in [2.05, 4.69) is 5.32 Å². The van der Waals surface area contributed by atoms with Gasteiger partial charge in [-0.05, 0) is 30.7 Å². The summed E-state index contributed by atoms with van der Waals surface area (Å²) in [4.78, 5) is 13.9. The molecular formula is C16H24N2O4S. The first-order chi connectivity index (χ1) is 10.8. The Morgan fingerprint density at radius 3 is 2.65 bits per heavy atom. The monoisotopic (exact) mass is 340 g/mol. The van der Waals surface area contributed by atoms with Crippen LogP contribution >= 0.6 is 0 Å². The molecule has 1 aliphatic heterocycles. The van der Waals surface area contributed by atoms with Crippen LogP contribution in [0.4, 0.5) is 5.69 Å². The molecule has 2 rings (SSSR count). The second-order valence-electron chi connectivity index (χ2n) is 5.88. The van der Waals surface area contributed by atoms with Crippen LogP contribution in [-0.2, 0) is 21.1 Å². The molecule has 1 aliphatic rings. The maximum atomic E-state index is 12.2. The van der Waals surface area contributed by atoms with Gasteiger partial charge in [0.2, 0.25) is 5.91 Å². The predicted octanol–water partition coefficient (Wildman–Crippen LogP) is 0.667. The lowest BCUT2D eigenvalue weighted by atomic mass is 10.1. The zero-order valence-corrected chi connectivity index (χ0v) is 14.3. The highest BCUT2D eigenvalue weighted by molar-refractivity contribution is 7.91. The van der Waals surface area contributed by atoms with Gasteiger partial charge < -0.3 is 10.4 Å². The topological polar surface area (TPSA) is 86.7 Å². The van der Waals surface area contributed by atoms with Crippen molar-refractivity contribution in [2.24, 2.45) is 0 Å². The molecule has 23 heavy (non-hydrogen) atoms. The van der Waals surface area contributed by atoms with Crippen molar-refractivity contribution in [3.63, 3.8) is 0 Å². The number of hydrogen-bond acceptors (Lipinski definition) is 5. The molecule has 1 aromatic carbocycles. The van der Waals surface area contributed by atoms with Crippen molar-refractivity contribution in [3.05, 3.63) is 29.8 Å². The van der Waals surface area contributed by atoms with Crippen LogP contribution < -0.4 is 5.32 Å². The lowest BCUT2D eigenvalue weighted by Crippen LogP contribution is -2.46. The van der Waals surface area contributed by atoms with Crippen LogP contribution in [0.25, 0.3) is 0 Å². The Hall–Kier alpha value is -1.44. The number of likely N-dealkylation sites (N-methyl/N-ethyl adjacent to an activating group) is 1. The Labute approximate surface area is 137 Å². The van der Waals surface area contributed by atoms with Gasteiger partial charge in [0.25, 0.3) is 0 Å². The summed E-state index contributed by atoms with van der Waals surface area (Å²) >= 11 is 0. The van der Waals surface area contributed by atoms with E-state index in [4.69, 9.17) is 0 Å². The number of anilines is 1. The molecule has 1 aromatic rings. The number of sulfone groups is 1. The standard InChI is InChI=1S/C16H24N2O4S/c1-3-12-6-5-7-13(8-12)17-16(20)9-18(4-2)14-10-23(21,22)11-15(14)19/h5-8,14-15,19H,3-4,9-11H2,1-2H3,(H,17,20). The summed E-state index contributed by atoms with van der Waals surface area (Å²) < 4.78 is 23.3. The van der Waals surface area contributed by atoms with Crippen molar-refractivity contribution in [3.8, 4) is 0 Å². The number of aliphatic hydroxyl groups is 1. The molecule has 128 valence electrons. The van der Waals surface area contributed by atoms with E-state index >= 15 is 0 Å². The highest BCUT2D eigenvalue weighted by Gasteiger charge is 2.39. The van der Waals surface area contributed by atoms with Gasteiger partial charge in [0.15, 0.2) is 9.84 Å². The minimum absolute atomic E-state index is 0.0596. The van der Waals surface area contributed by atoms with Gasteiger partial charge in [-0.2, -0.15) is 0 Å². The van der Waals surface area contributed by atoms with Crippen molar-refractivity contribution >= 4 is 21.4 Å². The number of aryl methyl sites for hydroxylation is 1. The zero-order chi connectivity index (χ0) is 17.0. The highest BCUT2D eigenvalue weighted by Crippen LogP contribution is 2.18. The van der Waals surface area contributed by atoms with Crippen molar-refractivity contribution in [1.29, 1.82) is 0 Å². The Bertz CT molecular complexity index is 660. The predicted molar refractivity (Wildman–Crippen MR) is 90.1 cm³/mol. The Morgan fingerprint density at radius 1 is 1.35 bits per heavy atom. The van der Waals surface area contributed by atoms with Crippen LogP contribution in [0.5, 0.6) is 0 Å². The summed E-state index contributed by atoms with van der Waals surface area (Å²) in [5.41, 5.74) is 1.86. The molecule has 1 amide bonds. The second-order valence-corrected chi connectivity index (χ2v) is 8.03. The maximum Gasteiger partial charge on any atom is 0.238 e. The largest absolute Gasteiger partial charge is 0.390 e. The normalized spacial score (nSPS) is 23.1. The minimum Gasteiger partial charge on any atom is -0.390 e. The molecule has 0 aromatic heterocycles. The number of nitrogens with zero attached hydrogens (tertiary/aromatic N) is 1. The number of rotatable bonds is 6. The molecule has 0 bridgehead atoms. The van der Waals surface area contributed by atoms with Gasteiger partial charge in [0.05, 0.1) is 30.2 Å². The summed E-state index contributed by atoms with van der Waals surface area (Å²) in [6.07, 6.45) is -0.0483. The molecule has 2 unspecified atom stereocenters. The molecule has 7 heteroatoms. The lowest BCUT2D eigenvalue weighted by Gasteiger charge is -2.28. The molecule has 0 radical (unpaired) electrons. The Kier molecular flexibility index (Phi) is 5.78. The van der Waals surface area contributed by atoms with Gasteiger partial charge in [0, 0.05) is 5.69 Å². The van der Waals surface area contributed by atoms with E-state index in [1.54, 1.807) is 4.90 Å². The summed E-state index contributed by atoms with van der Waals surface area (Å²) in [5.74, 6) is -0.536.